The van der Waals surface area contributed by atoms with Crippen LogP contribution in [0.3, 0.4) is 0 Å². The minimum atomic E-state index is -0.600. The molecule has 25 heavy (non-hydrogen) atoms. The number of carbonyl (C=O) groups is 2. The van der Waals surface area contributed by atoms with Crippen LogP contribution in [0.2, 0.25) is 0 Å². The van der Waals surface area contributed by atoms with E-state index in [1.165, 1.54) is 16.3 Å². The van der Waals surface area contributed by atoms with Gasteiger partial charge in [0.2, 0.25) is 11.8 Å². The van der Waals surface area contributed by atoms with Crippen molar-refractivity contribution in [3.8, 4) is 0 Å². The maximum atomic E-state index is 13.1. The van der Waals surface area contributed by atoms with Crippen molar-refractivity contribution in [3.63, 3.8) is 0 Å². The van der Waals surface area contributed by atoms with E-state index in [9.17, 15) is 9.59 Å². The van der Waals surface area contributed by atoms with E-state index in [2.05, 4.69) is 10.3 Å². The number of hydrazine groups is 1. The summed E-state index contributed by atoms with van der Waals surface area (Å²) in [4.78, 5) is 31.5. The van der Waals surface area contributed by atoms with Gasteiger partial charge in [0, 0.05) is 26.0 Å². The average Bonchev–Trinajstić information content (AvgIpc) is 3.24. The normalized spacial score (nSPS) is 19.2. The summed E-state index contributed by atoms with van der Waals surface area (Å²) in [6.07, 6.45) is 4.68. The highest BCUT2D eigenvalue weighted by molar-refractivity contribution is 7.10. The van der Waals surface area contributed by atoms with E-state index in [1.54, 1.807) is 29.9 Å². The SMILES string of the molecule is CNC(=O)[C@@H]1CCCN1C(=O)[C@H](C(C)C)N(N)/C=C(\N)c1cncs1. The van der Waals surface area contributed by atoms with Crippen LogP contribution in [0.25, 0.3) is 5.70 Å². The molecule has 2 rings (SSSR count). The first-order valence-electron chi connectivity index (χ1n) is 8.28. The van der Waals surface area contributed by atoms with Gasteiger partial charge in [0.25, 0.3) is 0 Å². The fraction of sp³-hybridized carbons (Fsp3) is 0.562. The van der Waals surface area contributed by atoms with Gasteiger partial charge < -0.3 is 21.0 Å². The van der Waals surface area contributed by atoms with Crippen LogP contribution in [0.4, 0.5) is 0 Å². The van der Waals surface area contributed by atoms with Crippen LogP contribution in [-0.4, -0.2) is 52.4 Å². The average molecular weight is 366 g/mol. The highest BCUT2D eigenvalue weighted by Crippen LogP contribution is 2.23. The lowest BCUT2D eigenvalue weighted by atomic mass is 10.0. The molecular weight excluding hydrogens is 340 g/mol. The summed E-state index contributed by atoms with van der Waals surface area (Å²) < 4.78 is 0. The second-order valence-corrected chi connectivity index (χ2v) is 7.28. The highest BCUT2D eigenvalue weighted by Gasteiger charge is 2.39. The molecule has 0 unspecified atom stereocenters. The van der Waals surface area contributed by atoms with Crippen molar-refractivity contribution >= 4 is 28.8 Å². The standard InChI is InChI=1S/C16H26N6O2S/c1-10(2)14(22(18)8-11(17)13-7-20-9-25-13)16(24)21-6-4-5-12(21)15(23)19-3/h7-10,12,14H,4-6,17-18H2,1-3H3,(H,19,23)/b11-8-/t12-,14-/m0/s1. The Morgan fingerprint density at radius 1 is 1.52 bits per heavy atom. The molecule has 0 aromatic carbocycles. The van der Waals surface area contributed by atoms with Gasteiger partial charge in [0.05, 0.1) is 16.1 Å². The summed E-state index contributed by atoms with van der Waals surface area (Å²) in [7, 11) is 1.58. The van der Waals surface area contributed by atoms with E-state index in [0.717, 1.165) is 11.3 Å². The molecule has 2 heterocycles. The molecule has 1 saturated heterocycles. The predicted molar refractivity (Wildman–Crippen MR) is 97.7 cm³/mol. The van der Waals surface area contributed by atoms with Crippen LogP contribution < -0.4 is 16.9 Å². The Labute approximate surface area is 151 Å². The number of hydrogen-bond donors (Lipinski definition) is 3. The van der Waals surface area contributed by atoms with Gasteiger partial charge in [-0.2, -0.15) is 0 Å². The Bertz CT molecular complexity index is 631. The van der Waals surface area contributed by atoms with E-state index in [-0.39, 0.29) is 17.7 Å². The minimum absolute atomic E-state index is 0.0473. The van der Waals surface area contributed by atoms with E-state index in [4.69, 9.17) is 11.6 Å². The lowest BCUT2D eigenvalue weighted by Crippen LogP contribution is -2.55. The lowest BCUT2D eigenvalue weighted by Gasteiger charge is -2.34. The number of likely N-dealkylation sites (N-methyl/N-ethyl adjacent to an activating group) is 1. The van der Waals surface area contributed by atoms with Gasteiger partial charge in [-0.1, -0.05) is 13.8 Å². The molecule has 1 aliphatic heterocycles. The summed E-state index contributed by atoms with van der Waals surface area (Å²) in [6, 6.07) is -1.04. The number of carbonyl (C=O) groups excluding carboxylic acids is 2. The van der Waals surface area contributed by atoms with Crippen molar-refractivity contribution in [3.05, 3.63) is 22.8 Å². The zero-order valence-corrected chi connectivity index (χ0v) is 15.6. The Morgan fingerprint density at radius 2 is 2.24 bits per heavy atom. The lowest BCUT2D eigenvalue weighted by molar-refractivity contribution is -0.143. The second-order valence-electron chi connectivity index (χ2n) is 6.39. The Balaban J connectivity index is 2.20. The number of hydrogen-bond acceptors (Lipinski definition) is 7. The maximum Gasteiger partial charge on any atom is 0.247 e. The van der Waals surface area contributed by atoms with Gasteiger partial charge >= 0.3 is 0 Å². The van der Waals surface area contributed by atoms with Crippen LogP contribution in [0.1, 0.15) is 31.6 Å². The van der Waals surface area contributed by atoms with Crippen molar-refractivity contribution < 1.29 is 9.59 Å². The van der Waals surface area contributed by atoms with Crippen LogP contribution in [0, 0.1) is 5.92 Å². The number of nitrogens with one attached hydrogen (secondary N) is 1. The first kappa shape index (κ1) is 19.2. The molecule has 0 spiro atoms. The summed E-state index contributed by atoms with van der Waals surface area (Å²) in [5, 5.41) is 3.97. The number of aromatic nitrogens is 1. The molecule has 0 saturated carbocycles. The Hall–Kier alpha value is -2.13. The molecule has 2 atom stereocenters. The highest BCUT2D eigenvalue weighted by atomic mass is 32.1. The molecule has 1 aliphatic rings. The fourth-order valence-electron chi connectivity index (χ4n) is 3.06. The van der Waals surface area contributed by atoms with Gasteiger partial charge in [-0.05, 0) is 18.8 Å². The van der Waals surface area contributed by atoms with E-state index < -0.39 is 12.1 Å². The van der Waals surface area contributed by atoms with Crippen molar-refractivity contribution in [1.29, 1.82) is 0 Å². The molecule has 5 N–H and O–H groups in total. The summed E-state index contributed by atoms with van der Waals surface area (Å²) in [6.45, 7) is 4.40. The second kappa shape index (κ2) is 8.30. The molecule has 0 radical (unpaired) electrons. The monoisotopic (exact) mass is 366 g/mol. The van der Waals surface area contributed by atoms with Crippen molar-refractivity contribution in [2.45, 2.75) is 38.8 Å². The molecule has 0 aliphatic carbocycles. The third-order valence-corrected chi connectivity index (χ3v) is 5.12. The van der Waals surface area contributed by atoms with Crippen molar-refractivity contribution in [2.24, 2.45) is 17.5 Å². The summed E-state index contributed by atoms with van der Waals surface area (Å²) in [5.74, 6) is 5.82. The molecule has 0 bridgehead atoms. The molecule has 8 nitrogen and oxygen atoms in total. The van der Waals surface area contributed by atoms with Crippen LogP contribution in [-0.2, 0) is 9.59 Å². The minimum Gasteiger partial charge on any atom is -0.396 e. The molecule has 1 aromatic rings. The maximum absolute atomic E-state index is 13.1. The molecule has 138 valence electrons. The molecule has 1 fully saturated rings. The topological polar surface area (TPSA) is 118 Å². The number of nitrogens with two attached hydrogens (primary N) is 2. The summed E-state index contributed by atoms with van der Waals surface area (Å²) in [5.41, 5.74) is 8.18. The third kappa shape index (κ3) is 4.29. The molecule has 2 amide bonds. The van der Waals surface area contributed by atoms with Crippen LogP contribution in [0.15, 0.2) is 17.9 Å². The number of likely N-dealkylation sites (tertiary alicyclic amines) is 1. The molecular formula is C16H26N6O2S. The zero-order chi connectivity index (χ0) is 18.6. The van der Waals surface area contributed by atoms with Gasteiger partial charge in [0.1, 0.15) is 12.1 Å². The Kier molecular flexibility index (Phi) is 6.38. The smallest absolute Gasteiger partial charge is 0.247 e. The Morgan fingerprint density at radius 3 is 2.80 bits per heavy atom. The third-order valence-electron chi connectivity index (χ3n) is 4.30. The first-order valence-corrected chi connectivity index (χ1v) is 9.16. The van der Waals surface area contributed by atoms with Gasteiger partial charge in [-0.3, -0.25) is 14.6 Å². The van der Waals surface area contributed by atoms with E-state index in [1.807, 2.05) is 13.8 Å². The van der Waals surface area contributed by atoms with Gasteiger partial charge in [-0.25, -0.2) is 5.84 Å². The predicted octanol–water partition coefficient (Wildman–Crippen LogP) is 0.338. The molecule has 9 heteroatoms. The number of rotatable bonds is 6. The molecule has 1 aromatic heterocycles. The summed E-state index contributed by atoms with van der Waals surface area (Å²) >= 11 is 1.40. The number of thiazole rings is 1. The van der Waals surface area contributed by atoms with Crippen LogP contribution >= 0.6 is 11.3 Å². The van der Waals surface area contributed by atoms with Gasteiger partial charge in [-0.15, -0.1) is 11.3 Å². The van der Waals surface area contributed by atoms with E-state index in [0.29, 0.717) is 18.7 Å². The van der Waals surface area contributed by atoms with Crippen LogP contribution in [0.5, 0.6) is 0 Å². The number of nitrogens with zero attached hydrogens (tertiary/aromatic N) is 3. The largest absolute Gasteiger partial charge is 0.396 e. The van der Waals surface area contributed by atoms with E-state index >= 15 is 0 Å². The zero-order valence-electron chi connectivity index (χ0n) is 14.8. The number of amides is 2. The quantitative estimate of drug-likeness (QED) is 0.493. The first-order chi connectivity index (χ1) is 11.9. The van der Waals surface area contributed by atoms with Crippen molar-refractivity contribution in [1.82, 2.24) is 20.2 Å². The van der Waals surface area contributed by atoms with Crippen molar-refractivity contribution in [2.75, 3.05) is 13.6 Å². The fourth-order valence-corrected chi connectivity index (χ4v) is 3.61. The van der Waals surface area contributed by atoms with Gasteiger partial charge in [0.15, 0.2) is 0 Å².